The van der Waals surface area contributed by atoms with Crippen LogP contribution in [-0.2, 0) is 11.2 Å². The molecule has 2 aliphatic rings. The highest BCUT2D eigenvalue weighted by molar-refractivity contribution is 9.10. The number of amides is 2. The molecule has 2 unspecified atom stereocenters. The second kappa shape index (κ2) is 8.31. The van der Waals surface area contributed by atoms with Gasteiger partial charge in [-0.2, -0.15) is 0 Å². The predicted molar refractivity (Wildman–Crippen MR) is 107 cm³/mol. The van der Waals surface area contributed by atoms with E-state index in [9.17, 15) is 4.79 Å². The lowest BCUT2D eigenvalue weighted by molar-refractivity contribution is -0.0156. The number of rotatable bonds is 3. The topological polar surface area (TPSA) is 50.8 Å². The largest absolute Gasteiger partial charge is 0.493 e. The molecule has 142 valence electrons. The van der Waals surface area contributed by atoms with Gasteiger partial charge in [0.2, 0.25) is 0 Å². The van der Waals surface area contributed by atoms with Gasteiger partial charge < -0.3 is 19.7 Å². The van der Waals surface area contributed by atoms with Crippen LogP contribution in [-0.4, -0.2) is 43.8 Å². The molecule has 27 heavy (non-hydrogen) atoms. The number of benzene rings is 2. The molecule has 0 saturated carbocycles. The number of carbonyl (C=O) groups is 1. The van der Waals surface area contributed by atoms with Crippen LogP contribution >= 0.6 is 15.9 Å². The molecule has 5 nitrogen and oxygen atoms in total. The summed E-state index contributed by atoms with van der Waals surface area (Å²) in [6.45, 7) is 2.98. The van der Waals surface area contributed by atoms with Crippen LogP contribution in [0.15, 0.2) is 53.0 Å². The van der Waals surface area contributed by atoms with Crippen LogP contribution in [0.1, 0.15) is 17.2 Å². The van der Waals surface area contributed by atoms with Crippen molar-refractivity contribution < 1.29 is 14.3 Å². The molecule has 2 heterocycles. The lowest BCUT2D eigenvalue weighted by atomic mass is 9.97. The van der Waals surface area contributed by atoms with Crippen molar-refractivity contribution in [2.75, 3.05) is 32.8 Å². The lowest BCUT2D eigenvalue weighted by Crippen LogP contribution is -2.48. The number of fused-ring (bicyclic) bond motifs is 1. The van der Waals surface area contributed by atoms with Gasteiger partial charge in [0.1, 0.15) is 11.9 Å². The van der Waals surface area contributed by atoms with E-state index in [4.69, 9.17) is 9.47 Å². The fraction of sp³-hybridized carbons (Fsp3) is 0.381. The third-order valence-electron chi connectivity index (χ3n) is 5.07. The molecular formula is C21H23BrN2O3. The second-order valence-corrected chi connectivity index (χ2v) is 7.95. The SMILES string of the molecule is O=C(NCC1COc2ccccc2C1)N1CCOC(c2cccc(Br)c2)C1. The zero-order chi connectivity index (χ0) is 18.6. The summed E-state index contributed by atoms with van der Waals surface area (Å²) in [5, 5.41) is 3.08. The van der Waals surface area contributed by atoms with Crippen LogP contribution in [0.3, 0.4) is 0 Å². The van der Waals surface area contributed by atoms with E-state index in [1.807, 2.05) is 47.4 Å². The van der Waals surface area contributed by atoms with Gasteiger partial charge in [0.15, 0.2) is 0 Å². The normalized spacial score (nSPS) is 21.9. The molecule has 6 heteroatoms. The van der Waals surface area contributed by atoms with Crippen LogP contribution < -0.4 is 10.1 Å². The molecule has 1 N–H and O–H groups in total. The number of nitrogens with zero attached hydrogens (tertiary/aromatic N) is 1. The second-order valence-electron chi connectivity index (χ2n) is 7.04. The first-order chi connectivity index (χ1) is 13.2. The summed E-state index contributed by atoms with van der Waals surface area (Å²) in [5.74, 6) is 1.26. The molecule has 2 aromatic rings. The fourth-order valence-electron chi connectivity index (χ4n) is 3.61. The summed E-state index contributed by atoms with van der Waals surface area (Å²) in [7, 11) is 0. The van der Waals surface area contributed by atoms with Gasteiger partial charge in [-0.15, -0.1) is 0 Å². The Morgan fingerprint density at radius 3 is 3.00 bits per heavy atom. The molecule has 2 atom stereocenters. The molecule has 1 fully saturated rings. The summed E-state index contributed by atoms with van der Waals surface area (Å²) in [4.78, 5) is 14.5. The van der Waals surface area contributed by atoms with Gasteiger partial charge in [0.25, 0.3) is 0 Å². The molecule has 0 aliphatic carbocycles. The van der Waals surface area contributed by atoms with E-state index >= 15 is 0 Å². The van der Waals surface area contributed by atoms with Crippen molar-refractivity contribution in [3.63, 3.8) is 0 Å². The summed E-state index contributed by atoms with van der Waals surface area (Å²) >= 11 is 3.49. The van der Waals surface area contributed by atoms with Gasteiger partial charge in [0, 0.05) is 23.5 Å². The van der Waals surface area contributed by atoms with Gasteiger partial charge in [-0.05, 0) is 35.7 Å². The predicted octanol–water partition coefficient (Wildman–Crippen LogP) is 3.78. The number of urea groups is 1. The summed E-state index contributed by atoms with van der Waals surface area (Å²) in [6, 6.07) is 16.1. The molecule has 2 aliphatic heterocycles. The monoisotopic (exact) mass is 430 g/mol. The Kier molecular flexibility index (Phi) is 5.64. The highest BCUT2D eigenvalue weighted by Crippen LogP contribution is 2.27. The van der Waals surface area contributed by atoms with E-state index in [1.54, 1.807) is 0 Å². The molecule has 1 saturated heterocycles. The Morgan fingerprint density at radius 1 is 1.22 bits per heavy atom. The first-order valence-corrected chi connectivity index (χ1v) is 10.1. The number of para-hydroxylation sites is 1. The Bertz CT molecular complexity index is 814. The van der Waals surface area contributed by atoms with Crippen molar-refractivity contribution in [3.05, 3.63) is 64.1 Å². The maximum Gasteiger partial charge on any atom is 0.317 e. The molecule has 0 aromatic heterocycles. The average molecular weight is 431 g/mol. The Morgan fingerprint density at radius 2 is 2.11 bits per heavy atom. The van der Waals surface area contributed by atoms with E-state index in [1.165, 1.54) is 5.56 Å². The fourth-order valence-corrected chi connectivity index (χ4v) is 4.02. The van der Waals surface area contributed by atoms with Crippen molar-refractivity contribution in [2.45, 2.75) is 12.5 Å². The Balaban J connectivity index is 1.31. The van der Waals surface area contributed by atoms with Crippen molar-refractivity contribution in [1.29, 1.82) is 0 Å². The van der Waals surface area contributed by atoms with E-state index < -0.39 is 0 Å². The third-order valence-corrected chi connectivity index (χ3v) is 5.57. The zero-order valence-corrected chi connectivity index (χ0v) is 16.7. The van der Waals surface area contributed by atoms with Crippen molar-refractivity contribution in [1.82, 2.24) is 10.2 Å². The average Bonchev–Trinajstić information content (AvgIpc) is 2.72. The van der Waals surface area contributed by atoms with Crippen molar-refractivity contribution >= 4 is 22.0 Å². The number of carbonyl (C=O) groups excluding carboxylic acids is 1. The first-order valence-electron chi connectivity index (χ1n) is 9.29. The van der Waals surface area contributed by atoms with Crippen LogP contribution in [0.4, 0.5) is 4.79 Å². The number of halogens is 1. The Labute approximate surface area is 167 Å². The number of morpholine rings is 1. The van der Waals surface area contributed by atoms with Crippen LogP contribution in [0.2, 0.25) is 0 Å². The lowest BCUT2D eigenvalue weighted by Gasteiger charge is -2.34. The van der Waals surface area contributed by atoms with Crippen molar-refractivity contribution in [2.24, 2.45) is 5.92 Å². The minimum absolute atomic E-state index is 0.0304. The smallest absolute Gasteiger partial charge is 0.317 e. The van der Waals surface area contributed by atoms with Gasteiger partial charge in [-0.25, -0.2) is 4.79 Å². The highest BCUT2D eigenvalue weighted by Gasteiger charge is 2.26. The maximum atomic E-state index is 12.6. The third kappa shape index (κ3) is 4.45. The molecule has 4 rings (SSSR count). The number of nitrogens with one attached hydrogen (secondary N) is 1. The minimum atomic E-state index is -0.0908. The van der Waals surface area contributed by atoms with E-state index in [-0.39, 0.29) is 12.1 Å². The van der Waals surface area contributed by atoms with E-state index in [2.05, 4.69) is 27.3 Å². The first kappa shape index (κ1) is 18.3. The highest BCUT2D eigenvalue weighted by atomic mass is 79.9. The molecule has 0 radical (unpaired) electrons. The van der Waals surface area contributed by atoms with Gasteiger partial charge in [-0.1, -0.05) is 46.3 Å². The molecule has 2 aromatic carbocycles. The van der Waals surface area contributed by atoms with Crippen LogP contribution in [0, 0.1) is 5.92 Å². The summed E-state index contributed by atoms with van der Waals surface area (Å²) < 4.78 is 12.7. The van der Waals surface area contributed by atoms with Gasteiger partial charge in [-0.3, -0.25) is 0 Å². The van der Waals surface area contributed by atoms with Crippen LogP contribution in [0.5, 0.6) is 5.75 Å². The number of hydrogen-bond acceptors (Lipinski definition) is 3. The molecule has 2 amide bonds. The van der Waals surface area contributed by atoms with Crippen LogP contribution in [0.25, 0.3) is 0 Å². The minimum Gasteiger partial charge on any atom is -0.493 e. The Hall–Kier alpha value is -2.05. The molecule has 0 bridgehead atoms. The van der Waals surface area contributed by atoms with Gasteiger partial charge >= 0.3 is 6.03 Å². The maximum absolute atomic E-state index is 12.6. The van der Waals surface area contributed by atoms with Gasteiger partial charge in [0.05, 0.1) is 19.8 Å². The standard InChI is InChI=1S/C21H23BrN2O3/c22-18-6-3-5-17(11-18)20-13-24(8-9-26-20)21(25)23-12-15-10-16-4-1-2-7-19(16)27-14-15/h1-7,11,15,20H,8-10,12-14H2,(H,23,25). The molecular weight excluding hydrogens is 408 g/mol. The number of hydrogen-bond donors (Lipinski definition) is 1. The van der Waals surface area contributed by atoms with E-state index in [0.29, 0.717) is 38.8 Å². The van der Waals surface area contributed by atoms with Crippen molar-refractivity contribution in [3.8, 4) is 5.75 Å². The van der Waals surface area contributed by atoms with E-state index in [0.717, 1.165) is 22.2 Å². The zero-order valence-electron chi connectivity index (χ0n) is 15.1. The summed E-state index contributed by atoms with van der Waals surface area (Å²) in [6.07, 6.45) is 0.840. The quantitative estimate of drug-likeness (QED) is 0.805. The molecule has 0 spiro atoms. The summed E-state index contributed by atoms with van der Waals surface area (Å²) in [5.41, 5.74) is 2.29. The number of ether oxygens (including phenoxy) is 2.